The lowest BCUT2D eigenvalue weighted by Gasteiger charge is -2.07. The van der Waals surface area contributed by atoms with Crippen LogP contribution in [0.3, 0.4) is 0 Å². The highest BCUT2D eigenvalue weighted by molar-refractivity contribution is 6.33. The molecule has 1 aromatic heterocycles. The summed E-state index contributed by atoms with van der Waals surface area (Å²) < 4.78 is 1.81. The topological polar surface area (TPSA) is 85.8 Å². The second-order valence-electron chi connectivity index (χ2n) is 4.82. The van der Waals surface area contributed by atoms with Crippen molar-refractivity contribution in [1.82, 2.24) is 14.8 Å². The molecule has 1 aromatic carbocycles. The summed E-state index contributed by atoms with van der Waals surface area (Å²) in [6.45, 7) is 4.42. The maximum absolute atomic E-state index is 11.9. The Kier molecular flexibility index (Phi) is 4.80. The Morgan fingerprint density at radius 1 is 1.43 bits per heavy atom. The van der Waals surface area contributed by atoms with Crippen LogP contribution in [0.4, 0.5) is 11.4 Å². The van der Waals surface area contributed by atoms with E-state index in [4.69, 9.17) is 17.3 Å². The third-order valence-electron chi connectivity index (χ3n) is 3.02. The van der Waals surface area contributed by atoms with Gasteiger partial charge in [-0.3, -0.25) is 9.48 Å². The summed E-state index contributed by atoms with van der Waals surface area (Å²) >= 11 is 5.83. The van der Waals surface area contributed by atoms with Crippen molar-refractivity contribution in [3.05, 3.63) is 34.9 Å². The smallest absolute Gasteiger partial charge is 0.224 e. The second-order valence-corrected chi connectivity index (χ2v) is 5.22. The first kappa shape index (κ1) is 15.3. The number of hydrogen-bond donors (Lipinski definition) is 2. The summed E-state index contributed by atoms with van der Waals surface area (Å²) in [5.41, 5.74) is 6.78. The second kappa shape index (κ2) is 6.58. The van der Waals surface area contributed by atoms with Gasteiger partial charge in [-0.1, -0.05) is 11.6 Å². The number of carbonyl (C=O) groups is 1. The minimum atomic E-state index is -0.0637. The number of nitrogens with zero attached hydrogens (tertiary/aromatic N) is 3. The summed E-state index contributed by atoms with van der Waals surface area (Å²) in [6.07, 6.45) is 1.10. The van der Waals surface area contributed by atoms with Crippen LogP contribution in [-0.2, 0) is 11.3 Å². The molecule has 2 rings (SSSR count). The lowest BCUT2D eigenvalue weighted by molar-refractivity contribution is -0.116. The molecule has 0 aliphatic rings. The number of benzene rings is 1. The van der Waals surface area contributed by atoms with Crippen molar-refractivity contribution >= 4 is 28.9 Å². The molecule has 112 valence electrons. The summed E-state index contributed by atoms with van der Waals surface area (Å²) in [7, 11) is 0. The van der Waals surface area contributed by atoms with Crippen molar-refractivity contribution < 1.29 is 4.79 Å². The van der Waals surface area contributed by atoms with Crippen LogP contribution in [0.1, 0.15) is 24.5 Å². The van der Waals surface area contributed by atoms with Gasteiger partial charge in [0.25, 0.3) is 0 Å². The molecular weight excluding hydrogens is 290 g/mol. The molecule has 0 spiro atoms. The zero-order chi connectivity index (χ0) is 15.4. The molecule has 21 heavy (non-hydrogen) atoms. The van der Waals surface area contributed by atoms with Gasteiger partial charge in [0.1, 0.15) is 11.6 Å². The predicted molar refractivity (Wildman–Crippen MR) is 83.2 cm³/mol. The van der Waals surface area contributed by atoms with Crippen LogP contribution in [0.25, 0.3) is 0 Å². The van der Waals surface area contributed by atoms with Gasteiger partial charge in [-0.25, -0.2) is 4.98 Å². The maximum atomic E-state index is 11.9. The molecule has 0 bridgehead atoms. The average Bonchev–Trinajstić information content (AvgIpc) is 2.72. The zero-order valence-electron chi connectivity index (χ0n) is 12.1. The first-order valence-electron chi connectivity index (χ1n) is 6.68. The molecule has 0 radical (unpaired) electrons. The van der Waals surface area contributed by atoms with Crippen LogP contribution < -0.4 is 11.1 Å². The number of nitrogen functional groups attached to an aromatic ring is 1. The third-order valence-corrected chi connectivity index (χ3v) is 3.36. The number of amides is 1. The first-order chi connectivity index (χ1) is 9.95. The van der Waals surface area contributed by atoms with E-state index in [-0.39, 0.29) is 5.91 Å². The van der Waals surface area contributed by atoms with Crippen molar-refractivity contribution in [2.45, 2.75) is 33.2 Å². The van der Waals surface area contributed by atoms with Crippen LogP contribution in [0.15, 0.2) is 18.2 Å². The summed E-state index contributed by atoms with van der Waals surface area (Å²) in [6, 6.07) is 5.03. The SMILES string of the molecule is Cc1nc(C)n(CCCC(=O)Nc2ccc(Cl)c(N)c2)n1. The van der Waals surface area contributed by atoms with E-state index in [9.17, 15) is 4.79 Å². The van der Waals surface area contributed by atoms with Crippen molar-refractivity contribution in [2.75, 3.05) is 11.1 Å². The van der Waals surface area contributed by atoms with E-state index in [1.54, 1.807) is 18.2 Å². The van der Waals surface area contributed by atoms with Gasteiger partial charge in [0.15, 0.2) is 0 Å². The van der Waals surface area contributed by atoms with Gasteiger partial charge in [-0.2, -0.15) is 5.10 Å². The molecule has 0 saturated heterocycles. The van der Waals surface area contributed by atoms with Gasteiger partial charge in [0, 0.05) is 18.7 Å². The van der Waals surface area contributed by atoms with Crippen LogP contribution in [0.5, 0.6) is 0 Å². The van der Waals surface area contributed by atoms with Gasteiger partial charge < -0.3 is 11.1 Å². The lowest BCUT2D eigenvalue weighted by Crippen LogP contribution is -2.13. The normalized spacial score (nSPS) is 10.6. The average molecular weight is 308 g/mol. The minimum absolute atomic E-state index is 0.0637. The van der Waals surface area contributed by atoms with E-state index in [0.717, 1.165) is 11.6 Å². The van der Waals surface area contributed by atoms with Gasteiger partial charge in [0.2, 0.25) is 5.91 Å². The van der Waals surface area contributed by atoms with E-state index in [2.05, 4.69) is 15.4 Å². The molecule has 0 atom stereocenters. The molecule has 1 amide bonds. The number of aromatic nitrogens is 3. The standard InChI is InChI=1S/C14H18ClN5O/c1-9-17-10(2)20(19-9)7-3-4-14(21)18-11-5-6-12(15)13(16)8-11/h5-6,8H,3-4,7,16H2,1-2H3,(H,18,21). The van der Waals surface area contributed by atoms with Crippen LogP contribution in [-0.4, -0.2) is 20.7 Å². The number of nitrogens with one attached hydrogen (secondary N) is 1. The molecule has 6 nitrogen and oxygen atoms in total. The first-order valence-corrected chi connectivity index (χ1v) is 7.06. The highest BCUT2D eigenvalue weighted by Gasteiger charge is 2.06. The highest BCUT2D eigenvalue weighted by atomic mass is 35.5. The van der Waals surface area contributed by atoms with Crippen molar-refractivity contribution in [2.24, 2.45) is 0 Å². The van der Waals surface area contributed by atoms with E-state index in [1.807, 2.05) is 18.5 Å². The van der Waals surface area contributed by atoms with Crippen LogP contribution >= 0.6 is 11.6 Å². The minimum Gasteiger partial charge on any atom is -0.397 e. The predicted octanol–water partition coefficient (Wildman–Crippen LogP) is 2.55. The lowest BCUT2D eigenvalue weighted by atomic mass is 10.2. The molecular formula is C14H18ClN5O. The molecule has 1 heterocycles. The van der Waals surface area contributed by atoms with Crippen molar-refractivity contribution in [1.29, 1.82) is 0 Å². The van der Waals surface area contributed by atoms with Gasteiger partial charge in [-0.05, 0) is 38.5 Å². The molecule has 0 saturated carbocycles. The van der Waals surface area contributed by atoms with Gasteiger partial charge >= 0.3 is 0 Å². The monoisotopic (exact) mass is 307 g/mol. The van der Waals surface area contributed by atoms with Crippen molar-refractivity contribution in [3.8, 4) is 0 Å². The number of carbonyl (C=O) groups excluding carboxylic acids is 1. The Labute approximate surface area is 128 Å². The number of anilines is 2. The third kappa shape index (κ3) is 4.19. The molecule has 0 fully saturated rings. The van der Waals surface area contributed by atoms with Gasteiger partial charge in [0.05, 0.1) is 10.7 Å². The number of hydrogen-bond acceptors (Lipinski definition) is 4. The largest absolute Gasteiger partial charge is 0.397 e. The number of aryl methyl sites for hydroxylation is 3. The Balaban J connectivity index is 1.82. The molecule has 0 unspecified atom stereocenters. The Hall–Kier alpha value is -2.08. The fourth-order valence-electron chi connectivity index (χ4n) is 2.01. The van der Waals surface area contributed by atoms with E-state index < -0.39 is 0 Å². The maximum Gasteiger partial charge on any atom is 0.224 e. The quantitative estimate of drug-likeness (QED) is 0.831. The summed E-state index contributed by atoms with van der Waals surface area (Å²) in [5, 5.41) is 7.53. The van der Waals surface area contributed by atoms with E-state index in [0.29, 0.717) is 35.8 Å². The fourth-order valence-corrected chi connectivity index (χ4v) is 2.13. The van der Waals surface area contributed by atoms with E-state index in [1.165, 1.54) is 0 Å². The van der Waals surface area contributed by atoms with Crippen LogP contribution in [0.2, 0.25) is 5.02 Å². The summed E-state index contributed by atoms with van der Waals surface area (Å²) in [5.74, 6) is 1.54. The zero-order valence-corrected chi connectivity index (χ0v) is 12.8. The number of nitrogens with two attached hydrogens (primary N) is 1. The summed E-state index contributed by atoms with van der Waals surface area (Å²) in [4.78, 5) is 16.1. The Bertz CT molecular complexity index is 653. The Morgan fingerprint density at radius 3 is 2.81 bits per heavy atom. The molecule has 2 aromatic rings. The fraction of sp³-hybridized carbons (Fsp3) is 0.357. The molecule has 0 aliphatic carbocycles. The number of halogens is 1. The number of rotatable bonds is 5. The van der Waals surface area contributed by atoms with Crippen LogP contribution in [0, 0.1) is 13.8 Å². The molecule has 0 aliphatic heterocycles. The highest BCUT2D eigenvalue weighted by Crippen LogP contribution is 2.22. The van der Waals surface area contributed by atoms with Crippen molar-refractivity contribution in [3.63, 3.8) is 0 Å². The Morgan fingerprint density at radius 2 is 2.19 bits per heavy atom. The van der Waals surface area contributed by atoms with E-state index >= 15 is 0 Å². The molecule has 7 heteroatoms. The van der Waals surface area contributed by atoms with Gasteiger partial charge in [-0.15, -0.1) is 0 Å². The molecule has 3 N–H and O–H groups in total.